The highest BCUT2D eigenvalue weighted by molar-refractivity contribution is 5.80. The van der Waals surface area contributed by atoms with Crippen molar-refractivity contribution >= 4 is 5.97 Å². The van der Waals surface area contributed by atoms with Gasteiger partial charge in [0, 0.05) is 32.2 Å². The molecule has 104 valence electrons. The van der Waals surface area contributed by atoms with E-state index in [1.807, 2.05) is 0 Å². The fourth-order valence-corrected chi connectivity index (χ4v) is 3.13. The quantitative estimate of drug-likeness (QED) is 0.722. The monoisotopic (exact) mass is 255 g/mol. The molecule has 0 amide bonds. The molecule has 0 aromatic carbocycles. The van der Waals surface area contributed by atoms with Gasteiger partial charge in [-0.05, 0) is 26.3 Å². The van der Waals surface area contributed by atoms with Gasteiger partial charge in [-0.2, -0.15) is 0 Å². The first kappa shape index (κ1) is 13.8. The van der Waals surface area contributed by atoms with Gasteiger partial charge in [-0.3, -0.25) is 14.6 Å². The summed E-state index contributed by atoms with van der Waals surface area (Å²) in [6, 6.07) is 0.654. The summed E-state index contributed by atoms with van der Waals surface area (Å²) in [6.45, 7) is 6.71. The lowest BCUT2D eigenvalue weighted by Crippen LogP contribution is -2.61. The number of carbonyl (C=O) groups is 1. The summed E-state index contributed by atoms with van der Waals surface area (Å²) >= 11 is 0. The van der Waals surface area contributed by atoms with Crippen LogP contribution in [0.2, 0.25) is 0 Å². The Labute approximate surface area is 109 Å². The number of ether oxygens (including phenoxy) is 1. The van der Waals surface area contributed by atoms with Crippen molar-refractivity contribution in [1.82, 2.24) is 9.80 Å². The van der Waals surface area contributed by atoms with Gasteiger partial charge in [-0.1, -0.05) is 6.42 Å². The highest BCUT2D eigenvalue weighted by Gasteiger charge is 2.35. The van der Waals surface area contributed by atoms with Crippen molar-refractivity contribution in [1.29, 1.82) is 0 Å². The van der Waals surface area contributed by atoms with Crippen LogP contribution in [0.4, 0.5) is 0 Å². The minimum absolute atomic E-state index is 0.325. The summed E-state index contributed by atoms with van der Waals surface area (Å²) < 4.78 is 4.76. The largest absolute Gasteiger partial charge is 0.468 e. The first-order valence-corrected chi connectivity index (χ1v) is 6.86. The maximum absolute atomic E-state index is 11.6. The van der Waals surface area contributed by atoms with Crippen LogP contribution < -0.4 is 5.73 Å². The molecule has 0 radical (unpaired) electrons. The molecule has 2 aliphatic heterocycles. The van der Waals surface area contributed by atoms with Crippen molar-refractivity contribution in [3.63, 3.8) is 0 Å². The molecule has 0 aromatic rings. The van der Waals surface area contributed by atoms with E-state index >= 15 is 0 Å². The lowest BCUT2D eigenvalue weighted by atomic mass is 9.97. The normalized spacial score (nSPS) is 29.4. The van der Waals surface area contributed by atoms with Crippen molar-refractivity contribution in [3.05, 3.63) is 0 Å². The molecule has 2 unspecified atom stereocenters. The van der Waals surface area contributed by atoms with Crippen LogP contribution in [0.3, 0.4) is 0 Å². The number of esters is 1. The molecule has 0 bridgehead atoms. The van der Waals surface area contributed by atoms with E-state index in [4.69, 9.17) is 10.5 Å². The van der Waals surface area contributed by atoms with Gasteiger partial charge in [0.15, 0.2) is 0 Å². The lowest BCUT2D eigenvalue weighted by molar-refractivity contribution is -0.147. The fourth-order valence-electron chi connectivity index (χ4n) is 3.13. The lowest BCUT2D eigenvalue weighted by Gasteiger charge is -2.45. The number of rotatable bonds is 3. The van der Waals surface area contributed by atoms with Gasteiger partial charge in [0.2, 0.25) is 0 Å². The SMILES string of the molecule is COC(=O)C(C)(N)CN1CCN2CCCCC2C1. The molecule has 0 spiro atoms. The van der Waals surface area contributed by atoms with Crippen LogP contribution in [0.15, 0.2) is 0 Å². The molecular weight excluding hydrogens is 230 g/mol. The van der Waals surface area contributed by atoms with Gasteiger partial charge in [-0.25, -0.2) is 0 Å². The number of nitrogens with zero attached hydrogens (tertiary/aromatic N) is 2. The molecule has 2 aliphatic rings. The van der Waals surface area contributed by atoms with E-state index in [1.165, 1.54) is 32.9 Å². The van der Waals surface area contributed by atoms with Crippen molar-refractivity contribution in [2.45, 2.75) is 37.8 Å². The van der Waals surface area contributed by atoms with E-state index in [1.54, 1.807) is 6.92 Å². The maximum atomic E-state index is 11.6. The van der Waals surface area contributed by atoms with Gasteiger partial charge in [0.1, 0.15) is 5.54 Å². The summed E-state index contributed by atoms with van der Waals surface area (Å²) in [6.07, 6.45) is 3.93. The van der Waals surface area contributed by atoms with E-state index in [-0.39, 0.29) is 5.97 Å². The number of fused-ring (bicyclic) bond motifs is 1. The standard InChI is InChI=1S/C13H25N3O2/c1-13(14,12(17)18-2)10-15-7-8-16-6-4-3-5-11(16)9-15/h11H,3-10,14H2,1-2H3. The minimum atomic E-state index is -0.897. The Morgan fingerprint density at radius 1 is 1.39 bits per heavy atom. The van der Waals surface area contributed by atoms with Crippen LogP contribution >= 0.6 is 0 Å². The van der Waals surface area contributed by atoms with Crippen LogP contribution in [0.1, 0.15) is 26.2 Å². The van der Waals surface area contributed by atoms with Crippen molar-refractivity contribution in [3.8, 4) is 0 Å². The molecule has 0 aliphatic carbocycles. The molecule has 2 saturated heterocycles. The zero-order valence-electron chi connectivity index (χ0n) is 11.5. The second-order valence-electron chi connectivity index (χ2n) is 5.83. The van der Waals surface area contributed by atoms with Crippen molar-refractivity contribution in [2.75, 3.05) is 39.8 Å². The summed E-state index contributed by atoms with van der Waals surface area (Å²) in [5.74, 6) is -0.325. The third-order valence-electron chi connectivity index (χ3n) is 4.13. The highest BCUT2D eigenvalue weighted by Crippen LogP contribution is 2.21. The zero-order chi connectivity index (χ0) is 13.2. The van der Waals surface area contributed by atoms with Gasteiger partial charge in [-0.15, -0.1) is 0 Å². The Bertz CT molecular complexity index is 307. The summed E-state index contributed by atoms with van der Waals surface area (Å²) in [7, 11) is 1.40. The van der Waals surface area contributed by atoms with Gasteiger partial charge in [0.05, 0.1) is 7.11 Å². The molecule has 2 atom stereocenters. The van der Waals surface area contributed by atoms with Crippen LogP contribution in [0, 0.1) is 0 Å². The molecular formula is C13H25N3O2. The molecule has 2 heterocycles. The predicted molar refractivity (Wildman–Crippen MR) is 70.3 cm³/mol. The third-order valence-corrected chi connectivity index (χ3v) is 4.13. The van der Waals surface area contributed by atoms with Crippen molar-refractivity contribution in [2.24, 2.45) is 5.73 Å². The maximum Gasteiger partial charge on any atom is 0.326 e. The average Bonchev–Trinajstić information content (AvgIpc) is 2.37. The molecule has 2 rings (SSSR count). The van der Waals surface area contributed by atoms with Crippen molar-refractivity contribution < 1.29 is 9.53 Å². The van der Waals surface area contributed by atoms with Crippen LogP contribution in [-0.4, -0.2) is 67.2 Å². The topological polar surface area (TPSA) is 58.8 Å². The molecule has 2 N–H and O–H groups in total. The molecule has 18 heavy (non-hydrogen) atoms. The Hall–Kier alpha value is -0.650. The van der Waals surface area contributed by atoms with Crippen LogP contribution in [-0.2, 0) is 9.53 Å². The minimum Gasteiger partial charge on any atom is -0.468 e. The Morgan fingerprint density at radius 2 is 2.17 bits per heavy atom. The van der Waals surface area contributed by atoms with E-state index < -0.39 is 5.54 Å². The number of nitrogens with two attached hydrogens (primary N) is 1. The summed E-state index contributed by atoms with van der Waals surface area (Å²) in [5.41, 5.74) is 5.14. The number of methoxy groups -OCH3 is 1. The van der Waals surface area contributed by atoms with E-state index in [2.05, 4.69) is 9.80 Å². The molecule has 0 aromatic heterocycles. The predicted octanol–water partition coefficient (Wildman–Crippen LogP) is 0.0469. The molecule has 5 nitrogen and oxygen atoms in total. The molecule has 5 heteroatoms. The van der Waals surface area contributed by atoms with Gasteiger partial charge in [0.25, 0.3) is 0 Å². The number of piperidine rings is 1. The molecule has 0 saturated carbocycles. The Balaban J connectivity index is 1.89. The molecule has 2 fully saturated rings. The fraction of sp³-hybridized carbons (Fsp3) is 0.923. The van der Waals surface area contributed by atoms with Gasteiger partial charge < -0.3 is 10.5 Å². The second-order valence-corrected chi connectivity index (χ2v) is 5.83. The zero-order valence-corrected chi connectivity index (χ0v) is 11.5. The van der Waals surface area contributed by atoms with E-state index in [9.17, 15) is 4.79 Å². The number of carbonyl (C=O) groups excluding carboxylic acids is 1. The first-order valence-electron chi connectivity index (χ1n) is 6.86. The number of piperazine rings is 1. The Morgan fingerprint density at radius 3 is 2.89 bits per heavy atom. The number of hydrogen-bond donors (Lipinski definition) is 1. The van der Waals surface area contributed by atoms with Gasteiger partial charge >= 0.3 is 5.97 Å². The average molecular weight is 255 g/mol. The summed E-state index contributed by atoms with van der Waals surface area (Å²) in [4.78, 5) is 16.5. The van der Waals surface area contributed by atoms with E-state index in [0.717, 1.165) is 19.6 Å². The van der Waals surface area contributed by atoms with Crippen LogP contribution in [0.25, 0.3) is 0 Å². The van der Waals surface area contributed by atoms with Crippen LogP contribution in [0.5, 0.6) is 0 Å². The Kier molecular flexibility index (Phi) is 4.25. The van der Waals surface area contributed by atoms with E-state index in [0.29, 0.717) is 12.6 Å². The number of hydrogen-bond acceptors (Lipinski definition) is 5. The summed E-state index contributed by atoms with van der Waals surface area (Å²) in [5, 5.41) is 0. The first-order chi connectivity index (χ1) is 8.53. The smallest absolute Gasteiger partial charge is 0.326 e. The second kappa shape index (κ2) is 5.55. The highest BCUT2D eigenvalue weighted by atomic mass is 16.5. The third kappa shape index (κ3) is 3.02.